The van der Waals surface area contributed by atoms with Crippen molar-refractivity contribution < 1.29 is 46.7 Å². The van der Waals surface area contributed by atoms with Gasteiger partial charge in [0.2, 0.25) is 10.4 Å². The van der Waals surface area contributed by atoms with Crippen molar-refractivity contribution in [2.24, 2.45) is 5.92 Å². The summed E-state index contributed by atoms with van der Waals surface area (Å²) in [6.07, 6.45) is 45.3. The van der Waals surface area contributed by atoms with Crippen molar-refractivity contribution in [1.82, 2.24) is 0 Å². The third-order valence-corrected chi connectivity index (χ3v) is 9.16. The molecule has 0 amide bonds. The first kappa shape index (κ1) is 45.7. The van der Waals surface area contributed by atoms with Gasteiger partial charge in [0, 0.05) is 5.92 Å². The van der Waals surface area contributed by atoms with E-state index in [2.05, 4.69) is 30.2 Å². The summed E-state index contributed by atoms with van der Waals surface area (Å²) >= 11 is 0. The molecule has 0 aliphatic heterocycles. The van der Waals surface area contributed by atoms with Crippen molar-refractivity contribution in [1.29, 1.82) is 0 Å². The molecule has 43 heavy (non-hydrogen) atoms. The summed E-state index contributed by atoms with van der Waals surface area (Å²) in [7, 11) is -4.62. The third kappa shape index (κ3) is 40.6. The molecule has 0 aliphatic carbocycles. The van der Waals surface area contributed by atoms with Crippen molar-refractivity contribution >= 4 is 10.4 Å². The Balaban J connectivity index is 0. The zero-order valence-electron chi connectivity index (χ0n) is 29.4. The first-order valence-corrected chi connectivity index (χ1v) is 20.1. The first-order valence-electron chi connectivity index (χ1n) is 18.8. The molecule has 0 N–H and O–H groups in total. The van der Waals surface area contributed by atoms with Crippen LogP contribution in [0.3, 0.4) is 0 Å². The fourth-order valence-electron chi connectivity index (χ4n) is 5.93. The number of hydrogen-bond acceptors (Lipinski definition) is 4. The fraction of sp³-hybridized carbons (Fsp3) is 0.946. The molecule has 0 radical (unpaired) electrons. The summed E-state index contributed by atoms with van der Waals surface area (Å²) in [5, 5.41) is 0. The van der Waals surface area contributed by atoms with Crippen LogP contribution in [0.5, 0.6) is 0 Å². The van der Waals surface area contributed by atoms with E-state index in [9.17, 15) is 13.0 Å². The molecule has 0 aromatic rings. The Kier molecular flexibility index (Phi) is 39.4. The van der Waals surface area contributed by atoms with E-state index in [4.69, 9.17) is 0 Å². The van der Waals surface area contributed by atoms with Crippen LogP contribution in [0.1, 0.15) is 213 Å². The Morgan fingerprint density at radius 2 is 0.814 bits per heavy atom. The van der Waals surface area contributed by atoms with Crippen molar-refractivity contribution in [3.63, 3.8) is 0 Å². The minimum atomic E-state index is -4.62. The van der Waals surface area contributed by atoms with Gasteiger partial charge in [-0.3, -0.25) is 4.18 Å². The summed E-state index contributed by atoms with van der Waals surface area (Å²) in [6.45, 7) is 4.54. The molecule has 6 heteroatoms. The maximum Gasteiger partial charge on any atom is 1.00 e. The Morgan fingerprint density at radius 3 is 1.14 bits per heavy atom. The van der Waals surface area contributed by atoms with E-state index in [-0.39, 0.29) is 42.1 Å². The van der Waals surface area contributed by atoms with Crippen LogP contribution in [-0.4, -0.2) is 19.6 Å². The Bertz CT molecular complexity index is 653. The molecule has 0 heterocycles. The summed E-state index contributed by atoms with van der Waals surface area (Å²) in [4.78, 5) is 0. The maximum absolute atomic E-state index is 11.0. The van der Waals surface area contributed by atoms with Gasteiger partial charge in [-0.25, -0.2) is 8.42 Å². The smallest absolute Gasteiger partial charge is 0.726 e. The number of rotatable bonds is 35. The summed E-state index contributed by atoms with van der Waals surface area (Å²) in [5.41, 5.74) is 0. The molecule has 0 saturated carbocycles. The second-order valence-corrected chi connectivity index (χ2v) is 14.1. The Morgan fingerprint density at radius 1 is 0.512 bits per heavy atom. The zero-order chi connectivity index (χ0) is 30.8. The molecule has 0 aliphatic rings. The van der Waals surface area contributed by atoms with Crippen molar-refractivity contribution in [3.8, 4) is 0 Å². The molecular formula is C37H73NaO4S. The molecule has 0 aromatic heterocycles. The number of allylic oxidation sites excluding steroid dienone is 1. The van der Waals surface area contributed by atoms with Gasteiger partial charge in [-0.1, -0.05) is 206 Å². The molecule has 0 bridgehead atoms. The van der Waals surface area contributed by atoms with Crippen LogP contribution in [0, 0.1) is 5.92 Å². The quantitative estimate of drug-likeness (QED) is 0.0228. The van der Waals surface area contributed by atoms with E-state index < -0.39 is 10.4 Å². The monoisotopic (exact) mass is 637 g/mol. The summed E-state index contributed by atoms with van der Waals surface area (Å²) in [6, 6.07) is 0. The van der Waals surface area contributed by atoms with E-state index in [1.165, 1.54) is 180 Å². The molecule has 4 nitrogen and oxygen atoms in total. The van der Waals surface area contributed by atoms with E-state index >= 15 is 0 Å². The SMILES string of the molecule is CCCCCCCCCCCCC/C=C/C(CCCCCCCCCCCCCCCCCCCC)COS(=O)(=O)[O-].[Na+]. The average Bonchev–Trinajstić information content (AvgIpc) is 2.96. The molecule has 0 saturated heterocycles. The fourth-order valence-corrected chi connectivity index (χ4v) is 6.27. The Labute approximate surface area is 293 Å². The molecule has 0 aromatic carbocycles. The van der Waals surface area contributed by atoms with Crippen LogP contribution in [0.2, 0.25) is 0 Å². The maximum atomic E-state index is 11.0. The number of unbranched alkanes of at least 4 members (excludes halogenated alkanes) is 28. The van der Waals surface area contributed by atoms with Gasteiger partial charge < -0.3 is 4.55 Å². The number of hydrogen-bond donors (Lipinski definition) is 0. The molecule has 0 spiro atoms. The van der Waals surface area contributed by atoms with Crippen LogP contribution in [0.4, 0.5) is 0 Å². The normalized spacial score (nSPS) is 12.6. The standard InChI is InChI=1S/C37H74O4S.Na/c1-3-5-7-9-11-13-15-17-18-19-20-21-23-25-27-29-31-33-35-37(36-41-42(38,39)40)34-32-30-28-26-24-22-16-14-12-10-8-6-4-2;/h32,34,37H,3-31,33,35-36H2,1-2H3,(H,38,39,40);/q;+1/p-1/b34-32+;. The first-order chi connectivity index (χ1) is 20.5. The summed E-state index contributed by atoms with van der Waals surface area (Å²) in [5.74, 6) is 0.0162. The Hall–Kier alpha value is 0.610. The third-order valence-electron chi connectivity index (χ3n) is 8.74. The minimum absolute atomic E-state index is 0. The summed E-state index contributed by atoms with van der Waals surface area (Å²) < 4.78 is 37.5. The van der Waals surface area contributed by atoms with Gasteiger partial charge >= 0.3 is 29.6 Å². The molecular weight excluding hydrogens is 563 g/mol. The largest absolute Gasteiger partial charge is 1.00 e. The molecule has 0 rings (SSSR count). The van der Waals surface area contributed by atoms with E-state index in [0.29, 0.717) is 0 Å². The van der Waals surface area contributed by atoms with E-state index in [0.717, 1.165) is 19.3 Å². The van der Waals surface area contributed by atoms with Crippen LogP contribution in [-0.2, 0) is 14.6 Å². The van der Waals surface area contributed by atoms with Crippen LogP contribution < -0.4 is 29.6 Å². The van der Waals surface area contributed by atoms with Gasteiger partial charge in [0.05, 0.1) is 6.61 Å². The molecule has 1 atom stereocenters. The predicted molar refractivity (Wildman–Crippen MR) is 183 cm³/mol. The van der Waals surface area contributed by atoms with Gasteiger partial charge in [0.1, 0.15) is 0 Å². The topological polar surface area (TPSA) is 66.4 Å². The average molecular weight is 637 g/mol. The van der Waals surface area contributed by atoms with Crippen molar-refractivity contribution in [3.05, 3.63) is 12.2 Å². The van der Waals surface area contributed by atoms with Gasteiger partial charge in [-0.2, -0.15) is 0 Å². The zero-order valence-corrected chi connectivity index (χ0v) is 32.2. The van der Waals surface area contributed by atoms with Gasteiger partial charge in [-0.15, -0.1) is 0 Å². The van der Waals surface area contributed by atoms with Crippen LogP contribution in [0.25, 0.3) is 0 Å². The molecule has 1 unspecified atom stereocenters. The predicted octanol–water partition coefficient (Wildman–Crippen LogP) is 9.77. The molecule has 0 fully saturated rings. The van der Waals surface area contributed by atoms with Crippen LogP contribution >= 0.6 is 0 Å². The van der Waals surface area contributed by atoms with Gasteiger partial charge in [0.15, 0.2) is 0 Å². The van der Waals surface area contributed by atoms with Crippen molar-refractivity contribution in [2.45, 2.75) is 213 Å². The van der Waals surface area contributed by atoms with E-state index in [1.807, 2.05) is 0 Å². The van der Waals surface area contributed by atoms with E-state index in [1.54, 1.807) is 0 Å². The van der Waals surface area contributed by atoms with Gasteiger partial charge in [0.25, 0.3) is 0 Å². The molecule has 252 valence electrons. The van der Waals surface area contributed by atoms with Crippen LogP contribution in [0.15, 0.2) is 12.2 Å². The van der Waals surface area contributed by atoms with Crippen molar-refractivity contribution in [2.75, 3.05) is 6.61 Å². The second kappa shape index (κ2) is 37.1. The second-order valence-electron chi connectivity index (χ2n) is 13.0. The van der Waals surface area contributed by atoms with Gasteiger partial charge in [-0.05, 0) is 19.3 Å². The minimum Gasteiger partial charge on any atom is -0.726 e.